The Kier molecular flexibility index (Phi) is 15.6. The molecule has 0 saturated carbocycles. The van der Waals surface area contributed by atoms with Gasteiger partial charge in [0.25, 0.3) is 0 Å². The molecule has 0 aromatic carbocycles. The van der Waals surface area contributed by atoms with Crippen LogP contribution in [0, 0.1) is 0 Å². The molecule has 0 heterocycles. The van der Waals surface area contributed by atoms with Crippen molar-refractivity contribution in [3.8, 4) is 0 Å². The molecule has 134 valence electrons. The third-order valence-corrected chi connectivity index (χ3v) is 4.45. The van der Waals surface area contributed by atoms with E-state index in [2.05, 4.69) is 10.6 Å². The zero-order valence-corrected chi connectivity index (χ0v) is 16.1. The van der Waals surface area contributed by atoms with Crippen LogP contribution in [0.15, 0.2) is 0 Å². The number of nitrogens with one attached hydrogen (secondary N) is 2. The second-order valence-electron chi connectivity index (χ2n) is 5.86. The molecule has 4 nitrogen and oxygen atoms in total. The standard InChI is InChI=1S/C17H33N3OS2/c1-2-15(21)19-13-11-9-7-5-3-4-6-8-10-12-14-20-17(23)16(18)22/h2-14H2,1H3,(H2,18,22)(H,19,21)(H,20,23). The fraction of sp³-hybridized carbons (Fsp3) is 0.824. The summed E-state index contributed by atoms with van der Waals surface area (Å²) >= 11 is 9.77. The highest BCUT2D eigenvalue weighted by Crippen LogP contribution is 2.10. The van der Waals surface area contributed by atoms with Crippen molar-refractivity contribution in [1.82, 2.24) is 10.6 Å². The van der Waals surface area contributed by atoms with E-state index in [0.29, 0.717) is 11.4 Å². The molecule has 0 radical (unpaired) electrons. The Bertz CT molecular complexity index is 349. The summed E-state index contributed by atoms with van der Waals surface area (Å²) < 4.78 is 0. The van der Waals surface area contributed by atoms with Gasteiger partial charge in [-0.3, -0.25) is 4.79 Å². The van der Waals surface area contributed by atoms with E-state index < -0.39 is 0 Å². The number of rotatable bonds is 14. The van der Waals surface area contributed by atoms with Gasteiger partial charge < -0.3 is 16.4 Å². The SMILES string of the molecule is CCC(=O)NCCCCCCCCCCCCNC(=S)C(N)=S. The number of nitrogens with two attached hydrogens (primary N) is 1. The fourth-order valence-electron chi connectivity index (χ4n) is 2.31. The number of amides is 1. The second kappa shape index (κ2) is 16.1. The van der Waals surface area contributed by atoms with Gasteiger partial charge in [0.15, 0.2) is 0 Å². The van der Waals surface area contributed by atoms with Crippen LogP contribution in [0.1, 0.15) is 77.6 Å². The Hall–Kier alpha value is -0.750. The van der Waals surface area contributed by atoms with Crippen LogP contribution in [0.25, 0.3) is 0 Å². The zero-order chi connectivity index (χ0) is 17.3. The van der Waals surface area contributed by atoms with Crippen LogP contribution in [-0.2, 0) is 4.79 Å². The first-order chi connectivity index (χ1) is 11.1. The van der Waals surface area contributed by atoms with Gasteiger partial charge in [-0.1, -0.05) is 82.7 Å². The van der Waals surface area contributed by atoms with Gasteiger partial charge in [0.2, 0.25) is 5.91 Å². The molecule has 0 rings (SSSR count). The van der Waals surface area contributed by atoms with Crippen LogP contribution in [0.3, 0.4) is 0 Å². The summed E-state index contributed by atoms with van der Waals surface area (Å²) in [5.74, 6) is 0.160. The third kappa shape index (κ3) is 15.9. The summed E-state index contributed by atoms with van der Waals surface area (Å²) in [5.41, 5.74) is 5.41. The van der Waals surface area contributed by atoms with Crippen molar-refractivity contribution in [3.05, 3.63) is 0 Å². The van der Waals surface area contributed by atoms with E-state index in [9.17, 15) is 4.79 Å². The largest absolute Gasteiger partial charge is 0.388 e. The molecule has 0 fully saturated rings. The number of unbranched alkanes of at least 4 members (excludes halogenated alkanes) is 9. The van der Waals surface area contributed by atoms with Gasteiger partial charge in [-0.2, -0.15) is 0 Å². The Morgan fingerprint density at radius 1 is 0.783 bits per heavy atom. The van der Waals surface area contributed by atoms with Crippen molar-refractivity contribution < 1.29 is 4.79 Å². The summed E-state index contributed by atoms with van der Waals surface area (Å²) in [6.07, 6.45) is 13.1. The van der Waals surface area contributed by atoms with Crippen molar-refractivity contribution in [2.75, 3.05) is 13.1 Å². The van der Waals surface area contributed by atoms with E-state index in [4.69, 9.17) is 30.2 Å². The lowest BCUT2D eigenvalue weighted by atomic mass is 10.1. The smallest absolute Gasteiger partial charge is 0.219 e. The minimum absolute atomic E-state index is 0.160. The molecule has 0 bridgehead atoms. The van der Waals surface area contributed by atoms with E-state index in [1.165, 1.54) is 51.4 Å². The van der Waals surface area contributed by atoms with Gasteiger partial charge >= 0.3 is 0 Å². The van der Waals surface area contributed by atoms with Crippen molar-refractivity contribution in [2.45, 2.75) is 77.6 Å². The second-order valence-corrected chi connectivity index (χ2v) is 6.71. The summed E-state index contributed by atoms with van der Waals surface area (Å²) in [7, 11) is 0. The van der Waals surface area contributed by atoms with Crippen LogP contribution >= 0.6 is 24.4 Å². The van der Waals surface area contributed by atoms with Crippen molar-refractivity contribution in [2.24, 2.45) is 5.73 Å². The topological polar surface area (TPSA) is 67.2 Å². The Balaban J connectivity index is 3.12. The molecule has 23 heavy (non-hydrogen) atoms. The maximum absolute atomic E-state index is 11.0. The normalized spacial score (nSPS) is 10.3. The first kappa shape index (κ1) is 22.2. The third-order valence-electron chi connectivity index (χ3n) is 3.76. The first-order valence-corrected chi connectivity index (χ1v) is 9.74. The number of thiocarbonyl (C=S) groups is 2. The highest BCUT2D eigenvalue weighted by atomic mass is 32.1. The van der Waals surface area contributed by atoms with Crippen LogP contribution in [0.2, 0.25) is 0 Å². The molecule has 4 N–H and O–H groups in total. The van der Waals surface area contributed by atoms with Crippen LogP contribution in [0.5, 0.6) is 0 Å². The summed E-state index contributed by atoms with van der Waals surface area (Å²) in [5, 5.41) is 5.98. The summed E-state index contributed by atoms with van der Waals surface area (Å²) in [6.45, 7) is 3.58. The molecule has 0 saturated heterocycles. The van der Waals surface area contributed by atoms with Crippen LogP contribution < -0.4 is 16.4 Å². The van der Waals surface area contributed by atoms with Gasteiger partial charge in [0.05, 0.1) is 0 Å². The highest BCUT2D eigenvalue weighted by molar-refractivity contribution is 7.89. The van der Waals surface area contributed by atoms with E-state index in [-0.39, 0.29) is 10.9 Å². The molecule has 0 atom stereocenters. The van der Waals surface area contributed by atoms with Crippen LogP contribution in [-0.4, -0.2) is 29.0 Å². The molecule has 0 aliphatic rings. The molecule has 0 aromatic heterocycles. The first-order valence-electron chi connectivity index (χ1n) is 8.92. The average Bonchev–Trinajstić information content (AvgIpc) is 2.54. The number of hydrogen-bond donors (Lipinski definition) is 3. The lowest BCUT2D eigenvalue weighted by molar-refractivity contribution is -0.120. The maximum Gasteiger partial charge on any atom is 0.219 e. The van der Waals surface area contributed by atoms with E-state index in [0.717, 1.165) is 25.9 Å². The predicted octanol–water partition coefficient (Wildman–Crippen LogP) is 3.62. The molecule has 0 aliphatic heterocycles. The lowest BCUT2D eigenvalue weighted by Gasteiger charge is -2.06. The Labute approximate surface area is 152 Å². The minimum atomic E-state index is 0.160. The Morgan fingerprint density at radius 3 is 1.57 bits per heavy atom. The number of hydrogen-bond acceptors (Lipinski definition) is 3. The van der Waals surface area contributed by atoms with Gasteiger partial charge in [0, 0.05) is 19.5 Å². The molecule has 0 spiro atoms. The predicted molar refractivity (Wildman–Crippen MR) is 107 cm³/mol. The number of carbonyl (C=O) groups excluding carboxylic acids is 1. The molecule has 0 unspecified atom stereocenters. The summed E-state index contributed by atoms with van der Waals surface area (Å²) in [6, 6.07) is 0. The van der Waals surface area contributed by atoms with E-state index in [1.54, 1.807) is 0 Å². The van der Waals surface area contributed by atoms with Gasteiger partial charge in [-0.05, 0) is 12.8 Å². The maximum atomic E-state index is 11.0. The average molecular weight is 360 g/mol. The van der Waals surface area contributed by atoms with Gasteiger partial charge in [-0.25, -0.2) is 0 Å². The van der Waals surface area contributed by atoms with Crippen molar-refractivity contribution in [1.29, 1.82) is 0 Å². The molecule has 6 heteroatoms. The molecule has 1 amide bonds. The molecular formula is C17H33N3OS2. The number of carbonyl (C=O) groups is 1. The quantitative estimate of drug-likeness (QED) is 0.326. The van der Waals surface area contributed by atoms with Crippen molar-refractivity contribution >= 4 is 40.3 Å². The minimum Gasteiger partial charge on any atom is -0.388 e. The molecule has 0 aromatic rings. The van der Waals surface area contributed by atoms with Crippen molar-refractivity contribution in [3.63, 3.8) is 0 Å². The molecule has 0 aliphatic carbocycles. The zero-order valence-electron chi connectivity index (χ0n) is 14.5. The monoisotopic (exact) mass is 359 g/mol. The Morgan fingerprint density at radius 2 is 1.17 bits per heavy atom. The van der Waals surface area contributed by atoms with Crippen LogP contribution in [0.4, 0.5) is 0 Å². The van der Waals surface area contributed by atoms with Gasteiger partial charge in [-0.15, -0.1) is 0 Å². The highest BCUT2D eigenvalue weighted by Gasteiger charge is 1.98. The van der Waals surface area contributed by atoms with Gasteiger partial charge in [0.1, 0.15) is 9.98 Å². The summed E-state index contributed by atoms with van der Waals surface area (Å²) in [4.78, 5) is 11.8. The lowest BCUT2D eigenvalue weighted by Crippen LogP contribution is -2.33. The van der Waals surface area contributed by atoms with E-state index >= 15 is 0 Å². The van der Waals surface area contributed by atoms with E-state index in [1.807, 2.05) is 6.92 Å². The molecular weight excluding hydrogens is 326 g/mol. The fourth-order valence-corrected chi connectivity index (χ4v) is 2.48.